The quantitative estimate of drug-likeness (QED) is 0.563. The molecule has 8 heteroatoms. The molecule has 1 aliphatic rings. The molecular formula is C25H30N6O2. The first-order valence-corrected chi connectivity index (χ1v) is 11.2. The van der Waals surface area contributed by atoms with Crippen molar-refractivity contribution in [3.8, 4) is 5.75 Å². The fourth-order valence-electron chi connectivity index (χ4n) is 4.08. The molecule has 1 aromatic carbocycles. The molecule has 33 heavy (non-hydrogen) atoms. The maximum atomic E-state index is 12.9. The van der Waals surface area contributed by atoms with Gasteiger partial charge in [0.25, 0.3) is 0 Å². The first-order valence-electron chi connectivity index (χ1n) is 11.2. The Bertz CT molecular complexity index is 1040. The Morgan fingerprint density at radius 1 is 1.21 bits per heavy atom. The minimum atomic E-state index is 0.190. The second-order valence-electron chi connectivity index (χ2n) is 8.24. The zero-order valence-electron chi connectivity index (χ0n) is 19.1. The molecule has 0 spiro atoms. The lowest BCUT2D eigenvalue weighted by Crippen LogP contribution is -2.40. The van der Waals surface area contributed by atoms with Gasteiger partial charge in [0.2, 0.25) is 5.91 Å². The molecule has 8 nitrogen and oxygen atoms in total. The standard InChI is InChI=1S/C25H30N6O2/c1-30(21-6-3-7-22(15-21)33-2)14-10-25(32)31-13-4-5-19(18-31)23-9-8-20(16-28-23)29-24-17-26-11-12-27-24/h3,6-9,11-12,15-17,19H,4-5,10,13-14,18H2,1-2H3,(H,27,29). The fourth-order valence-corrected chi connectivity index (χ4v) is 4.08. The number of ether oxygens (including phenoxy) is 1. The Morgan fingerprint density at radius 2 is 2.12 bits per heavy atom. The first-order chi connectivity index (χ1) is 16.1. The molecule has 1 atom stereocenters. The molecule has 1 N–H and O–H groups in total. The number of piperidine rings is 1. The van der Waals surface area contributed by atoms with Crippen molar-refractivity contribution in [3.05, 3.63) is 66.9 Å². The number of nitrogens with zero attached hydrogens (tertiary/aromatic N) is 5. The van der Waals surface area contributed by atoms with Crippen LogP contribution in [0, 0.1) is 0 Å². The number of benzene rings is 1. The van der Waals surface area contributed by atoms with E-state index in [1.807, 2.05) is 54.5 Å². The van der Waals surface area contributed by atoms with Gasteiger partial charge < -0.3 is 19.9 Å². The highest BCUT2D eigenvalue weighted by molar-refractivity contribution is 5.77. The minimum Gasteiger partial charge on any atom is -0.497 e. The second kappa shape index (κ2) is 10.8. The molecule has 0 bridgehead atoms. The molecule has 1 saturated heterocycles. The zero-order valence-corrected chi connectivity index (χ0v) is 19.1. The van der Waals surface area contributed by atoms with E-state index in [4.69, 9.17) is 4.74 Å². The third kappa shape index (κ3) is 5.97. The fraction of sp³-hybridized carbons (Fsp3) is 0.360. The molecule has 0 radical (unpaired) electrons. The van der Waals surface area contributed by atoms with Gasteiger partial charge in [-0.25, -0.2) is 4.98 Å². The molecule has 2 aromatic heterocycles. The number of nitrogens with one attached hydrogen (secondary N) is 1. The first kappa shape index (κ1) is 22.5. The van der Waals surface area contributed by atoms with Crippen molar-refractivity contribution in [2.75, 3.05) is 44.0 Å². The topological polar surface area (TPSA) is 83.5 Å². The van der Waals surface area contributed by atoms with Crippen LogP contribution in [0.1, 0.15) is 30.9 Å². The van der Waals surface area contributed by atoms with Crippen molar-refractivity contribution in [3.63, 3.8) is 0 Å². The van der Waals surface area contributed by atoms with Gasteiger partial charge in [-0.05, 0) is 37.1 Å². The van der Waals surface area contributed by atoms with Gasteiger partial charge in [-0.15, -0.1) is 0 Å². The number of likely N-dealkylation sites (tertiary alicyclic amines) is 1. The second-order valence-corrected chi connectivity index (χ2v) is 8.24. The summed E-state index contributed by atoms with van der Waals surface area (Å²) in [5.41, 5.74) is 2.92. The van der Waals surface area contributed by atoms with Gasteiger partial charge in [-0.3, -0.25) is 14.8 Å². The summed E-state index contributed by atoms with van der Waals surface area (Å²) in [6.07, 6.45) is 9.28. The van der Waals surface area contributed by atoms with Crippen LogP contribution in [-0.4, -0.2) is 59.6 Å². The summed E-state index contributed by atoms with van der Waals surface area (Å²) in [5, 5.41) is 3.20. The number of pyridine rings is 1. The molecule has 1 amide bonds. The van der Waals surface area contributed by atoms with Gasteiger partial charge in [-0.1, -0.05) is 6.07 Å². The van der Waals surface area contributed by atoms with Crippen LogP contribution in [-0.2, 0) is 4.79 Å². The van der Waals surface area contributed by atoms with Gasteiger partial charge >= 0.3 is 0 Å². The van der Waals surface area contributed by atoms with E-state index in [-0.39, 0.29) is 11.8 Å². The normalized spacial score (nSPS) is 15.7. The third-order valence-corrected chi connectivity index (χ3v) is 5.97. The van der Waals surface area contributed by atoms with Crippen LogP contribution in [0.4, 0.5) is 17.2 Å². The summed E-state index contributed by atoms with van der Waals surface area (Å²) < 4.78 is 5.30. The monoisotopic (exact) mass is 446 g/mol. The Balaban J connectivity index is 1.30. The van der Waals surface area contributed by atoms with Gasteiger partial charge in [0, 0.05) is 68.9 Å². The maximum absolute atomic E-state index is 12.9. The number of amides is 1. The average molecular weight is 447 g/mol. The molecular weight excluding hydrogens is 416 g/mol. The van der Waals surface area contributed by atoms with Crippen LogP contribution in [0.15, 0.2) is 61.2 Å². The number of hydrogen-bond donors (Lipinski definition) is 1. The minimum absolute atomic E-state index is 0.190. The van der Waals surface area contributed by atoms with E-state index in [9.17, 15) is 4.79 Å². The molecule has 1 fully saturated rings. The molecule has 3 heterocycles. The van der Waals surface area contributed by atoms with E-state index in [1.54, 1.807) is 25.7 Å². The highest BCUT2D eigenvalue weighted by Gasteiger charge is 2.25. The summed E-state index contributed by atoms with van der Waals surface area (Å²) in [7, 11) is 3.66. The summed E-state index contributed by atoms with van der Waals surface area (Å²) >= 11 is 0. The number of hydrogen-bond acceptors (Lipinski definition) is 7. The molecule has 172 valence electrons. The summed E-state index contributed by atoms with van der Waals surface area (Å²) in [5.74, 6) is 1.94. The number of aromatic nitrogens is 3. The van der Waals surface area contributed by atoms with Gasteiger partial charge in [0.15, 0.2) is 0 Å². The van der Waals surface area contributed by atoms with E-state index in [0.29, 0.717) is 25.3 Å². The highest BCUT2D eigenvalue weighted by Crippen LogP contribution is 2.27. The average Bonchev–Trinajstić information content (AvgIpc) is 2.88. The number of rotatable bonds is 8. The molecule has 3 aromatic rings. The van der Waals surface area contributed by atoms with Crippen molar-refractivity contribution < 1.29 is 9.53 Å². The van der Waals surface area contributed by atoms with Crippen molar-refractivity contribution in [1.82, 2.24) is 19.9 Å². The Kier molecular flexibility index (Phi) is 7.34. The van der Waals surface area contributed by atoms with Gasteiger partial charge in [0.1, 0.15) is 11.6 Å². The van der Waals surface area contributed by atoms with Crippen molar-refractivity contribution >= 4 is 23.1 Å². The predicted molar refractivity (Wildman–Crippen MR) is 129 cm³/mol. The SMILES string of the molecule is COc1cccc(N(C)CCC(=O)N2CCCC(c3ccc(Nc4cnccn4)cn3)C2)c1. The number of carbonyl (C=O) groups excluding carboxylic acids is 1. The lowest BCUT2D eigenvalue weighted by atomic mass is 9.94. The van der Waals surface area contributed by atoms with Crippen molar-refractivity contribution in [2.45, 2.75) is 25.2 Å². The maximum Gasteiger partial charge on any atom is 0.224 e. The Morgan fingerprint density at radius 3 is 2.88 bits per heavy atom. The lowest BCUT2D eigenvalue weighted by Gasteiger charge is -2.33. The van der Waals surface area contributed by atoms with Gasteiger partial charge in [0.05, 0.1) is 25.2 Å². The van der Waals surface area contributed by atoms with Crippen LogP contribution in [0.2, 0.25) is 0 Å². The summed E-state index contributed by atoms with van der Waals surface area (Å²) in [6.45, 7) is 2.18. The predicted octanol–water partition coefficient (Wildman–Crippen LogP) is 3.86. The van der Waals surface area contributed by atoms with Crippen LogP contribution in [0.25, 0.3) is 0 Å². The molecule has 1 unspecified atom stereocenters. The largest absolute Gasteiger partial charge is 0.497 e. The molecule has 4 rings (SSSR count). The highest BCUT2D eigenvalue weighted by atomic mass is 16.5. The molecule has 1 aliphatic heterocycles. The number of carbonyl (C=O) groups is 1. The summed E-state index contributed by atoms with van der Waals surface area (Å²) in [4.78, 5) is 29.9. The summed E-state index contributed by atoms with van der Waals surface area (Å²) in [6, 6.07) is 11.9. The lowest BCUT2D eigenvalue weighted by molar-refractivity contribution is -0.132. The van der Waals surface area contributed by atoms with Crippen LogP contribution in [0.5, 0.6) is 5.75 Å². The van der Waals surface area contributed by atoms with E-state index in [0.717, 1.165) is 42.2 Å². The number of anilines is 3. The van der Waals surface area contributed by atoms with E-state index in [1.165, 1.54) is 0 Å². The van der Waals surface area contributed by atoms with Gasteiger partial charge in [-0.2, -0.15) is 0 Å². The van der Waals surface area contributed by atoms with Crippen LogP contribution >= 0.6 is 0 Å². The van der Waals surface area contributed by atoms with Crippen LogP contribution < -0.4 is 15.0 Å². The zero-order chi connectivity index (χ0) is 23.0. The van der Waals surface area contributed by atoms with E-state index in [2.05, 4.69) is 25.2 Å². The van der Waals surface area contributed by atoms with Crippen molar-refractivity contribution in [1.29, 1.82) is 0 Å². The molecule has 0 aliphatic carbocycles. The number of methoxy groups -OCH3 is 1. The smallest absolute Gasteiger partial charge is 0.224 e. The van der Waals surface area contributed by atoms with Crippen molar-refractivity contribution in [2.24, 2.45) is 0 Å². The Labute approximate surface area is 194 Å². The van der Waals surface area contributed by atoms with E-state index < -0.39 is 0 Å². The third-order valence-electron chi connectivity index (χ3n) is 5.97. The van der Waals surface area contributed by atoms with Crippen LogP contribution in [0.3, 0.4) is 0 Å². The van der Waals surface area contributed by atoms with E-state index >= 15 is 0 Å². The molecule has 0 saturated carbocycles. The Hall–Kier alpha value is -3.68.